The van der Waals surface area contributed by atoms with Crippen LogP contribution in [0.25, 0.3) is 0 Å². The first-order chi connectivity index (χ1) is 6.09. The standard InChI is InChI=1S/C9H10BrNO2/c1-6-3-2-4-7(5-6)8(10)13-9(11)12/h2-5,8H,1H3,(H2,11,12). The average Bonchev–Trinajstić information content (AvgIpc) is 2.03. The zero-order valence-electron chi connectivity index (χ0n) is 7.16. The minimum absolute atomic E-state index is 0.468. The van der Waals surface area contributed by atoms with Crippen molar-refractivity contribution in [1.29, 1.82) is 0 Å². The highest BCUT2D eigenvalue weighted by molar-refractivity contribution is 9.09. The zero-order valence-corrected chi connectivity index (χ0v) is 8.74. The maximum Gasteiger partial charge on any atom is 0.405 e. The van der Waals surface area contributed by atoms with Gasteiger partial charge in [0.05, 0.1) is 0 Å². The zero-order chi connectivity index (χ0) is 9.84. The van der Waals surface area contributed by atoms with Crippen molar-refractivity contribution in [1.82, 2.24) is 0 Å². The van der Waals surface area contributed by atoms with Crippen LogP contribution in [0.15, 0.2) is 24.3 Å². The summed E-state index contributed by atoms with van der Waals surface area (Å²) in [7, 11) is 0. The fraction of sp³-hybridized carbons (Fsp3) is 0.222. The molecule has 4 heteroatoms. The lowest BCUT2D eigenvalue weighted by Gasteiger charge is -2.09. The minimum atomic E-state index is -0.789. The number of nitrogens with two attached hydrogens (primary N) is 1. The van der Waals surface area contributed by atoms with Gasteiger partial charge in [0.2, 0.25) is 0 Å². The molecule has 0 radical (unpaired) electrons. The third-order valence-corrected chi connectivity index (χ3v) is 2.24. The van der Waals surface area contributed by atoms with E-state index in [1.807, 2.05) is 31.2 Å². The first-order valence-corrected chi connectivity index (χ1v) is 4.68. The molecule has 70 valence electrons. The van der Waals surface area contributed by atoms with E-state index in [0.717, 1.165) is 11.1 Å². The van der Waals surface area contributed by atoms with Gasteiger partial charge in [-0.3, -0.25) is 0 Å². The summed E-state index contributed by atoms with van der Waals surface area (Å²) in [6.07, 6.45) is -0.789. The summed E-state index contributed by atoms with van der Waals surface area (Å²) in [5.74, 6) is 0. The topological polar surface area (TPSA) is 52.3 Å². The molecule has 0 spiro atoms. The van der Waals surface area contributed by atoms with Crippen molar-refractivity contribution >= 4 is 22.0 Å². The Morgan fingerprint density at radius 3 is 2.85 bits per heavy atom. The normalized spacial score (nSPS) is 12.2. The van der Waals surface area contributed by atoms with Gasteiger partial charge in [-0.1, -0.05) is 29.8 Å². The van der Waals surface area contributed by atoms with Gasteiger partial charge in [-0.05, 0) is 22.9 Å². The maximum absolute atomic E-state index is 10.4. The molecule has 3 nitrogen and oxygen atoms in total. The molecule has 0 bridgehead atoms. The van der Waals surface area contributed by atoms with Crippen LogP contribution in [0, 0.1) is 6.92 Å². The van der Waals surface area contributed by atoms with E-state index >= 15 is 0 Å². The number of halogens is 1. The Kier molecular flexibility index (Phi) is 3.31. The average molecular weight is 244 g/mol. The molecule has 1 amide bonds. The lowest BCUT2D eigenvalue weighted by molar-refractivity contribution is 0.148. The SMILES string of the molecule is Cc1cccc(C(Br)OC(N)=O)c1. The smallest absolute Gasteiger partial charge is 0.405 e. The van der Waals surface area contributed by atoms with E-state index in [1.54, 1.807) is 0 Å². The van der Waals surface area contributed by atoms with Crippen molar-refractivity contribution in [2.24, 2.45) is 5.73 Å². The highest BCUT2D eigenvalue weighted by Crippen LogP contribution is 2.24. The summed E-state index contributed by atoms with van der Waals surface area (Å²) >= 11 is 3.20. The number of aryl methyl sites for hydroxylation is 1. The molecule has 1 unspecified atom stereocenters. The molecular formula is C9H10BrNO2. The number of benzene rings is 1. The molecule has 0 aliphatic rings. The van der Waals surface area contributed by atoms with Crippen LogP contribution in [-0.4, -0.2) is 6.09 Å². The molecule has 0 aromatic heterocycles. The number of hydrogen-bond acceptors (Lipinski definition) is 2. The number of hydrogen-bond donors (Lipinski definition) is 1. The molecule has 1 aromatic rings. The summed E-state index contributed by atoms with van der Waals surface area (Å²) < 4.78 is 4.75. The summed E-state index contributed by atoms with van der Waals surface area (Å²) in [5.41, 5.74) is 6.86. The highest BCUT2D eigenvalue weighted by Gasteiger charge is 2.09. The summed E-state index contributed by atoms with van der Waals surface area (Å²) in [4.78, 5) is 10.4. The van der Waals surface area contributed by atoms with Gasteiger partial charge in [0.1, 0.15) is 0 Å². The van der Waals surface area contributed by atoms with E-state index in [9.17, 15) is 4.79 Å². The van der Waals surface area contributed by atoms with Crippen LogP contribution in [0.5, 0.6) is 0 Å². The Hall–Kier alpha value is -1.03. The second kappa shape index (κ2) is 4.28. The van der Waals surface area contributed by atoms with Gasteiger partial charge in [-0.25, -0.2) is 4.79 Å². The third-order valence-electron chi connectivity index (χ3n) is 1.52. The molecule has 13 heavy (non-hydrogen) atoms. The predicted molar refractivity (Wildman–Crippen MR) is 53.5 cm³/mol. The Bertz CT molecular complexity index is 314. The van der Waals surface area contributed by atoms with E-state index in [1.165, 1.54) is 0 Å². The quantitative estimate of drug-likeness (QED) is 0.812. The molecule has 0 aliphatic carbocycles. The summed E-state index contributed by atoms with van der Waals surface area (Å²) in [6.45, 7) is 1.97. The van der Waals surface area contributed by atoms with Gasteiger partial charge in [-0.2, -0.15) is 0 Å². The first-order valence-electron chi connectivity index (χ1n) is 3.76. The molecule has 1 rings (SSSR count). The van der Waals surface area contributed by atoms with Gasteiger partial charge in [0.15, 0.2) is 5.01 Å². The molecule has 1 aromatic carbocycles. The van der Waals surface area contributed by atoms with E-state index in [4.69, 9.17) is 10.5 Å². The Morgan fingerprint density at radius 2 is 2.31 bits per heavy atom. The van der Waals surface area contributed by atoms with Crippen molar-refractivity contribution in [3.05, 3.63) is 35.4 Å². The first kappa shape index (κ1) is 10.1. The van der Waals surface area contributed by atoms with Crippen molar-refractivity contribution in [2.45, 2.75) is 11.9 Å². The number of rotatable bonds is 2. The summed E-state index contributed by atoms with van der Waals surface area (Å²) in [6, 6.07) is 7.63. The number of ether oxygens (including phenoxy) is 1. The van der Waals surface area contributed by atoms with Gasteiger partial charge in [-0.15, -0.1) is 0 Å². The highest BCUT2D eigenvalue weighted by atomic mass is 79.9. The molecule has 0 fully saturated rings. The van der Waals surface area contributed by atoms with Crippen LogP contribution in [0.2, 0.25) is 0 Å². The fourth-order valence-corrected chi connectivity index (χ4v) is 1.45. The van der Waals surface area contributed by atoms with Gasteiger partial charge < -0.3 is 10.5 Å². The predicted octanol–water partition coefficient (Wildman–Crippen LogP) is 2.48. The van der Waals surface area contributed by atoms with Crippen LogP contribution >= 0.6 is 15.9 Å². The number of primary amides is 1. The van der Waals surface area contributed by atoms with Crippen LogP contribution in [0.1, 0.15) is 16.1 Å². The number of carbonyl (C=O) groups excluding carboxylic acids is 1. The van der Waals surface area contributed by atoms with Crippen molar-refractivity contribution in [3.8, 4) is 0 Å². The molecule has 1 atom stereocenters. The van der Waals surface area contributed by atoms with Crippen molar-refractivity contribution in [2.75, 3.05) is 0 Å². The molecule has 2 N–H and O–H groups in total. The molecule has 0 saturated heterocycles. The minimum Gasteiger partial charge on any atom is -0.430 e. The number of alkyl halides is 1. The second-order valence-corrected chi connectivity index (χ2v) is 3.50. The molecule has 0 heterocycles. The number of amides is 1. The third kappa shape index (κ3) is 3.06. The van der Waals surface area contributed by atoms with E-state index in [2.05, 4.69) is 15.9 Å². The fourth-order valence-electron chi connectivity index (χ4n) is 0.981. The molecule has 0 saturated carbocycles. The van der Waals surface area contributed by atoms with Gasteiger partial charge in [0, 0.05) is 5.56 Å². The Balaban J connectivity index is 2.76. The van der Waals surface area contributed by atoms with E-state index in [0.29, 0.717) is 0 Å². The Labute approximate surface area is 85.0 Å². The van der Waals surface area contributed by atoms with Crippen molar-refractivity contribution in [3.63, 3.8) is 0 Å². The van der Waals surface area contributed by atoms with Gasteiger partial charge in [0.25, 0.3) is 0 Å². The van der Waals surface area contributed by atoms with Crippen LogP contribution in [0.4, 0.5) is 4.79 Å². The van der Waals surface area contributed by atoms with Crippen LogP contribution in [0.3, 0.4) is 0 Å². The van der Waals surface area contributed by atoms with Crippen LogP contribution in [-0.2, 0) is 4.74 Å². The van der Waals surface area contributed by atoms with Crippen molar-refractivity contribution < 1.29 is 9.53 Å². The lowest BCUT2D eigenvalue weighted by Crippen LogP contribution is -2.14. The summed E-state index contributed by atoms with van der Waals surface area (Å²) in [5, 5.41) is -0.468. The van der Waals surface area contributed by atoms with E-state index < -0.39 is 11.1 Å². The number of carbonyl (C=O) groups is 1. The monoisotopic (exact) mass is 243 g/mol. The maximum atomic E-state index is 10.4. The van der Waals surface area contributed by atoms with E-state index in [-0.39, 0.29) is 0 Å². The van der Waals surface area contributed by atoms with Gasteiger partial charge >= 0.3 is 6.09 Å². The lowest BCUT2D eigenvalue weighted by atomic mass is 10.1. The largest absolute Gasteiger partial charge is 0.430 e. The Morgan fingerprint density at radius 1 is 1.62 bits per heavy atom. The molecule has 0 aliphatic heterocycles. The molecular weight excluding hydrogens is 234 g/mol. The van der Waals surface area contributed by atoms with Crippen LogP contribution < -0.4 is 5.73 Å². The second-order valence-electron chi connectivity index (χ2n) is 2.67.